The Labute approximate surface area is 146 Å². The average molecular weight is 342 g/mol. The Kier molecular flexibility index (Phi) is 4.30. The van der Waals surface area contributed by atoms with Gasteiger partial charge in [0.05, 0.1) is 16.2 Å². The van der Waals surface area contributed by atoms with Gasteiger partial charge in [-0.2, -0.15) is 10.4 Å². The SMILES string of the molecule is Cc1c(N/N=C(\C#N)C(=N)N)cc2c(c1[N+](=O)[O-])C(C)(C)CC2(C)C. The van der Waals surface area contributed by atoms with E-state index in [1.165, 1.54) is 0 Å². The molecule has 0 aromatic heterocycles. The first-order valence-corrected chi connectivity index (χ1v) is 7.83. The Bertz CT molecular complexity index is 846. The van der Waals surface area contributed by atoms with Gasteiger partial charge in [-0.15, -0.1) is 0 Å². The van der Waals surface area contributed by atoms with Crippen LogP contribution in [0.15, 0.2) is 11.2 Å². The minimum absolute atomic E-state index is 0.0760. The molecule has 25 heavy (non-hydrogen) atoms. The van der Waals surface area contributed by atoms with Crippen LogP contribution in [0.1, 0.15) is 50.8 Å². The van der Waals surface area contributed by atoms with Crippen molar-refractivity contribution in [1.82, 2.24) is 0 Å². The second-order valence-corrected chi connectivity index (χ2v) is 7.62. The number of nitro groups is 1. The van der Waals surface area contributed by atoms with E-state index in [0.29, 0.717) is 11.3 Å². The van der Waals surface area contributed by atoms with E-state index in [-0.39, 0.29) is 27.2 Å². The Hall–Kier alpha value is -2.95. The number of nitro benzene ring substituents is 1. The van der Waals surface area contributed by atoms with Crippen molar-refractivity contribution in [3.05, 3.63) is 32.9 Å². The first-order chi connectivity index (χ1) is 11.4. The summed E-state index contributed by atoms with van der Waals surface area (Å²) in [6, 6.07) is 3.57. The van der Waals surface area contributed by atoms with Gasteiger partial charge >= 0.3 is 0 Å². The monoisotopic (exact) mass is 342 g/mol. The van der Waals surface area contributed by atoms with Gasteiger partial charge < -0.3 is 5.73 Å². The molecule has 8 heteroatoms. The van der Waals surface area contributed by atoms with Crippen LogP contribution in [0, 0.1) is 33.8 Å². The van der Waals surface area contributed by atoms with Crippen molar-refractivity contribution >= 4 is 22.9 Å². The van der Waals surface area contributed by atoms with Gasteiger partial charge in [-0.1, -0.05) is 27.7 Å². The fourth-order valence-electron chi connectivity index (χ4n) is 3.88. The molecule has 8 nitrogen and oxygen atoms in total. The summed E-state index contributed by atoms with van der Waals surface area (Å²) in [6.45, 7) is 9.80. The number of rotatable bonds is 4. The van der Waals surface area contributed by atoms with E-state index in [2.05, 4.69) is 24.4 Å². The van der Waals surface area contributed by atoms with Crippen molar-refractivity contribution in [2.75, 3.05) is 5.43 Å². The molecule has 0 fully saturated rings. The smallest absolute Gasteiger partial charge is 0.278 e. The third kappa shape index (κ3) is 3.05. The number of nitrogens with one attached hydrogen (secondary N) is 2. The fraction of sp³-hybridized carbons (Fsp3) is 0.471. The van der Waals surface area contributed by atoms with Crippen molar-refractivity contribution in [2.45, 2.75) is 51.9 Å². The summed E-state index contributed by atoms with van der Waals surface area (Å²) in [5, 5.41) is 31.8. The normalized spacial score (nSPS) is 17.5. The number of nitrogens with two attached hydrogens (primary N) is 1. The molecule has 1 aromatic rings. The summed E-state index contributed by atoms with van der Waals surface area (Å²) < 4.78 is 0. The third-order valence-electron chi connectivity index (χ3n) is 4.68. The highest BCUT2D eigenvalue weighted by Crippen LogP contribution is 2.54. The van der Waals surface area contributed by atoms with Crippen molar-refractivity contribution < 1.29 is 4.92 Å². The van der Waals surface area contributed by atoms with E-state index in [1.807, 2.05) is 19.9 Å². The van der Waals surface area contributed by atoms with Gasteiger partial charge in [0.15, 0.2) is 5.84 Å². The Morgan fingerprint density at radius 1 is 1.44 bits per heavy atom. The molecule has 0 radical (unpaired) electrons. The molecule has 0 spiro atoms. The lowest BCUT2D eigenvalue weighted by Gasteiger charge is -2.22. The molecule has 1 aromatic carbocycles. The number of hydrogen-bond donors (Lipinski definition) is 3. The maximum atomic E-state index is 11.8. The van der Waals surface area contributed by atoms with Crippen LogP contribution in [-0.4, -0.2) is 16.5 Å². The van der Waals surface area contributed by atoms with Crippen LogP contribution in [0.3, 0.4) is 0 Å². The Balaban J connectivity index is 2.71. The average Bonchev–Trinajstić information content (AvgIpc) is 2.64. The predicted octanol–water partition coefficient (Wildman–Crippen LogP) is 3.09. The van der Waals surface area contributed by atoms with Crippen LogP contribution < -0.4 is 11.2 Å². The van der Waals surface area contributed by atoms with E-state index in [1.54, 1.807) is 13.0 Å². The van der Waals surface area contributed by atoms with Gasteiger partial charge in [-0.3, -0.25) is 20.9 Å². The second-order valence-electron chi connectivity index (χ2n) is 7.62. The number of nitrogens with zero attached hydrogens (tertiary/aromatic N) is 3. The zero-order valence-corrected chi connectivity index (χ0v) is 15.0. The summed E-state index contributed by atoms with van der Waals surface area (Å²) in [6.07, 6.45) is 0.791. The summed E-state index contributed by atoms with van der Waals surface area (Å²) in [5.41, 5.74) is 9.74. The number of nitriles is 1. The highest BCUT2D eigenvalue weighted by atomic mass is 16.6. The van der Waals surface area contributed by atoms with E-state index in [4.69, 9.17) is 16.4 Å². The first kappa shape index (κ1) is 18.4. The molecule has 0 bridgehead atoms. The van der Waals surface area contributed by atoms with Gasteiger partial charge in [0.2, 0.25) is 5.71 Å². The molecular formula is C17H22N6O2. The van der Waals surface area contributed by atoms with Crippen LogP contribution >= 0.6 is 0 Å². The van der Waals surface area contributed by atoms with E-state index < -0.39 is 5.84 Å². The van der Waals surface area contributed by atoms with E-state index in [9.17, 15) is 10.1 Å². The summed E-state index contributed by atoms with van der Waals surface area (Å²) in [4.78, 5) is 11.4. The summed E-state index contributed by atoms with van der Waals surface area (Å²) in [7, 11) is 0. The molecule has 0 amide bonds. The minimum atomic E-state index is -0.468. The summed E-state index contributed by atoms with van der Waals surface area (Å²) in [5.74, 6) is -0.468. The molecule has 0 saturated heterocycles. The van der Waals surface area contributed by atoms with Gasteiger partial charge in [0, 0.05) is 5.56 Å². The number of amidine groups is 1. The fourth-order valence-corrected chi connectivity index (χ4v) is 3.88. The molecule has 0 aliphatic heterocycles. The number of benzene rings is 1. The molecule has 0 unspecified atom stereocenters. The van der Waals surface area contributed by atoms with Crippen molar-refractivity contribution in [3.8, 4) is 6.07 Å². The molecule has 0 heterocycles. The Morgan fingerprint density at radius 3 is 2.52 bits per heavy atom. The lowest BCUT2D eigenvalue weighted by molar-refractivity contribution is -0.386. The van der Waals surface area contributed by atoms with Crippen LogP contribution in [0.5, 0.6) is 0 Å². The van der Waals surface area contributed by atoms with Crippen LogP contribution in [-0.2, 0) is 10.8 Å². The number of hydrazone groups is 1. The Morgan fingerprint density at radius 2 is 2.04 bits per heavy atom. The molecule has 1 aliphatic carbocycles. The van der Waals surface area contributed by atoms with Crippen molar-refractivity contribution in [3.63, 3.8) is 0 Å². The molecule has 4 N–H and O–H groups in total. The zero-order chi connectivity index (χ0) is 19.2. The number of fused-ring (bicyclic) bond motifs is 1. The van der Waals surface area contributed by atoms with Crippen LogP contribution in [0.2, 0.25) is 0 Å². The van der Waals surface area contributed by atoms with Crippen LogP contribution in [0.4, 0.5) is 11.4 Å². The lowest BCUT2D eigenvalue weighted by atomic mass is 9.81. The predicted molar refractivity (Wildman–Crippen MR) is 97.1 cm³/mol. The largest absolute Gasteiger partial charge is 0.382 e. The number of hydrogen-bond acceptors (Lipinski definition) is 6. The highest BCUT2D eigenvalue weighted by molar-refractivity contribution is 6.45. The standard InChI is InChI=1S/C17H22N6O2/c1-9-11(21-22-12(7-18)15(19)20)6-10-13(14(9)23(24)25)17(4,5)8-16(10,2)3/h6,21H,8H2,1-5H3,(H3,19,20)/b22-12+. The molecular weight excluding hydrogens is 320 g/mol. The quantitative estimate of drug-likeness (QED) is 0.333. The van der Waals surface area contributed by atoms with Gasteiger partial charge in [0.25, 0.3) is 5.69 Å². The summed E-state index contributed by atoms with van der Waals surface area (Å²) >= 11 is 0. The molecule has 0 atom stereocenters. The molecule has 0 saturated carbocycles. The molecule has 2 rings (SSSR count). The van der Waals surface area contributed by atoms with Gasteiger partial charge in [0.1, 0.15) is 6.07 Å². The zero-order valence-electron chi connectivity index (χ0n) is 15.0. The molecule has 132 valence electrons. The van der Waals surface area contributed by atoms with Gasteiger partial charge in [-0.25, -0.2) is 0 Å². The minimum Gasteiger partial charge on any atom is -0.382 e. The van der Waals surface area contributed by atoms with Gasteiger partial charge in [-0.05, 0) is 35.8 Å². The third-order valence-corrected chi connectivity index (χ3v) is 4.68. The maximum Gasteiger partial charge on any atom is 0.278 e. The van der Waals surface area contributed by atoms with Crippen molar-refractivity contribution in [1.29, 1.82) is 10.7 Å². The lowest BCUT2D eigenvalue weighted by Crippen LogP contribution is -2.22. The highest BCUT2D eigenvalue weighted by Gasteiger charge is 2.47. The number of anilines is 1. The van der Waals surface area contributed by atoms with E-state index in [0.717, 1.165) is 17.5 Å². The van der Waals surface area contributed by atoms with Crippen molar-refractivity contribution in [2.24, 2.45) is 10.8 Å². The second kappa shape index (κ2) is 5.84. The topological polar surface area (TPSA) is 141 Å². The molecule has 1 aliphatic rings. The van der Waals surface area contributed by atoms with Crippen LogP contribution in [0.25, 0.3) is 0 Å². The maximum absolute atomic E-state index is 11.8. The van der Waals surface area contributed by atoms with E-state index >= 15 is 0 Å². The first-order valence-electron chi connectivity index (χ1n) is 7.83.